The van der Waals surface area contributed by atoms with Gasteiger partial charge in [-0.2, -0.15) is 5.26 Å². The van der Waals surface area contributed by atoms with Gasteiger partial charge in [0.05, 0.1) is 7.11 Å². The van der Waals surface area contributed by atoms with Crippen molar-refractivity contribution in [3.8, 4) is 34.2 Å². The van der Waals surface area contributed by atoms with Crippen LogP contribution in [0.3, 0.4) is 0 Å². The molecular formula is C18H13N3O2. The minimum Gasteiger partial charge on any atom is -0.497 e. The van der Waals surface area contributed by atoms with Gasteiger partial charge in [0.2, 0.25) is 0 Å². The Bertz CT molecular complexity index is 923. The van der Waals surface area contributed by atoms with Crippen LogP contribution < -0.4 is 10.3 Å². The van der Waals surface area contributed by atoms with Gasteiger partial charge in [-0.25, -0.2) is 0 Å². The molecule has 1 aromatic carbocycles. The van der Waals surface area contributed by atoms with Crippen LogP contribution in [0, 0.1) is 11.3 Å². The van der Waals surface area contributed by atoms with Gasteiger partial charge in [0, 0.05) is 29.2 Å². The van der Waals surface area contributed by atoms with E-state index >= 15 is 0 Å². The molecule has 0 bridgehead atoms. The summed E-state index contributed by atoms with van der Waals surface area (Å²) in [4.78, 5) is 19.0. The number of aromatic amines is 1. The smallest absolute Gasteiger partial charge is 0.266 e. The highest BCUT2D eigenvalue weighted by Crippen LogP contribution is 2.26. The van der Waals surface area contributed by atoms with E-state index in [1.807, 2.05) is 36.4 Å². The molecule has 0 saturated carbocycles. The van der Waals surface area contributed by atoms with Crippen LogP contribution in [0.25, 0.3) is 22.4 Å². The maximum atomic E-state index is 12.2. The Morgan fingerprint density at radius 1 is 1.17 bits per heavy atom. The second-order valence-corrected chi connectivity index (χ2v) is 4.88. The maximum Gasteiger partial charge on any atom is 0.266 e. The molecule has 0 fully saturated rings. The molecule has 0 spiro atoms. The summed E-state index contributed by atoms with van der Waals surface area (Å²) in [7, 11) is 1.60. The maximum absolute atomic E-state index is 12.2. The summed E-state index contributed by atoms with van der Waals surface area (Å²) >= 11 is 0. The molecule has 0 unspecified atom stereocenters. The summed E-state index contributed by atoms with van der Waals surface area (Å²) < 4.78 is 5.14. The number of hydrogen-bond donors (Lipinski definition) is 1. The lowest BCUT2D eigenvalue weighted by atomic mass is 10.0. The van der Waals surface area contributed by atoms with E-state index < -0.39 is 5.56 Å². The average molecular weight is 303 g/mol. The summed E-state index contributed by atoms with van der Waals surface area (Å²) in [5, 5.41) is 9.28. The summed E-state index contributed by atoms with van der Waals surface area (Å²) in [6.07, 6.45) is 3.28. The van der Waals surface area contributed by atoms with E-state index in [0.717, 1.165) is 16.9 Å². The SMILES string of the molecule is COc1ccc(-c2cc(-c3cccnc3)c(C#N)c(=O)[nH]2)cc1. The Morgan fingerprint density at radius 3 is 2.57 bits per heavy atom. The first-order valence-electron chi connectivity index (χ1n) is 6.95. The van der Waals surface area contributed by atoms with Gasteiger partial charge < -0.3 is 9.72 Å². The van der Waals surface area contributed by atoms with Gasteiger partial charge >= 0.3 is 0 Å². The van der Waals surface area contributed by atoms with E-state index in [1.165, 1.54) is 0 Å². The zero-order chi connectivity index (χ0) is 16.2. The molecule has 0 saturated heterocycles. The van der Waals surface area contributed by atoms with Gasteiger partial charge in [-0.15, -0.1) is 0 Å². The lowest BCUT2D eigenvalue weighted by molar-refractivity contribution is 0.415. The lowest BCUT2D eigenvalue weighted by Crippen LogP contribution is -2.12. The number of nitrogens with zero attached hydrogens (tertiary/aromatic N) is 2. The first-order chi connectivity index (χ1) is 11.2. The van der Waals surface area contributed by atoms with E-state index in [2.05, 4.69) is 9.97 Å². The van der Waals surface area contributed by atoms with Crippen LogP contribution in [-0.2, 0) is 0 Å². The number of methoxy groups -OCH3 is 1. The highest BCUT2D eigenvalue weighted by Gasteiger charge is 2.12. The normalized spacial score (nSPS) is 10.1. The molecule has 1 N–H and O–H groups in total. The topological polar surface area (TPSA) is 78.8 Å². The molecule has 23 heavy (non-hydrogen) atoms. The van der Waals surface area contributed by atoms with Gasteiger partial charge in [-0.1, -0.05) is 6.07 Å². The molecule has 0 aliphatic carbocycles. The third-order valence-electron chi connectivity index (χ3n) is 3.52. The predicted octanol–water partition coefficient (Wildman–Crippen LogP) is 2.98. The van der Waals surface area contributed by atoms with Gasteiger partial charge in [0.25, 0.3) is 5.56 Å². The van der Waals surface area contributed by atoms with Crippen LogP contribution in [0.5, 0.6) is 5.75 Å². The Kier molecular flexibility index (Phi) is 3.89. The van der Waals surface area contributed by atoms with E-state index in [0.29, 0.717) is 11.3 Å². The zero-order valence-corrected chi connectivity index (χ0v) is 12.4. The zero-order valence-electron chi connectivity index (χ0n) is 12.4. The van der Waals surface area contributed by atoms with E-state index in [-0.39, 0.29) is 5.56 Å². The number of benzene rings is 1. The molecule has 0 aliphatic rings. The van der Waals surface area contributed by atoms with E-state index in [9.17, 15) is 10.1 Å². The van der Waals surface area contributed by atoms with Crippen molar-refractivity contribution in [2.45, 2.75) is 0 Å². The predicted molar refractivity (Wildman–Crippen MR) is 87.0 cm³/mol. The third kappa shape index (κ3) is 2.83. The van der Waals surface area contributed by atoms with Crippen molar-refractivity contribution < 1.29 is 4.74 Å². The number of aromatic nitrogens is 2. The molecule has 0 amide bonds. The largest absolute Gasteiger partial charge is 0.497 e. The van der Waals surface area contributed by atoms with Crippen molar-refractivity contribution in [2.75, 3.05) is 7.11 Å². The number of nitriles is 1. The van der Waals surface area contributed by atoms with E-state index in [1.54, 1.807) is 31.6 Å². The minimum atomic E-state index is -0.417. The molecule has 5 nitrogen and oxygen atoms in total. The second-order valence-electron chi connectivity index (χ2n) is 4.88. The van der Waals surface area contributed by atoms with Crippen LogP contribution in [0.4, 0.5) is 0 Å². The average Bonchev–Trinajstić information content (AvgIpc) is 2.62. The fourth-order valence-corrected chi connectivity index (χ4v) is 2.35. The lowest BCUT2D eigenvalue weighted by Gasteiger charge is -2.08. The quantitative estimate of drug-likeness (QED) is 0.806. The monoisotopic (exact) mass is 303 g/mol. The Morgan fingerprint density at radius 2 is 1.96 bits per heavy atom. The third-order valence-corrected chi connectivity index (χ3v) is 3.52. The van der Waals surface area contributed by atoms with Gasteiger partial charge in [0.15, 0.2) is 0 Å². The van der Waals surface area contributed by atoms with Crippen LogP contribution >= 0.6 is 0 Å². The Labute approximate surface area is 132 Å². The molecule has 2 aromatic heterocycles. The van der Waals surface area contributed by atoms with Crippen molar-refractivity contribution >= 4 is 0 Å². The number of pyridine rings is 2. The van der Waals surface area contributed by atoms with Gasteiger partial charge in [-0.3, -0.25) is 9.78 Å². The highest BCUT2D eigenvalue weighted by atomic mass is 16.5. The Balaban J connectivity index is 2.18. The minimum absolute atomic E-state index is 0.0789. The summed E-state index contributed by atoms with van der Waals surface area (Å²) in [6.45, 7) is 0. The number of ether oxygens (including phenoxy) is 1. The van der Waals surface area contributed by atoms with Gasteiger partial charge in [-0.05, 0) is 42.0 Å². The van der Waals surface area contributed by atoms with Crippen LogP contribution in [0.15, 0.2) is 59.7 Å². The second kappa shape index (κ2) is 6.16. The molecule has 0 atom stereocenters. The molecule has 2 heterocycles. The fourth-order valence-electron chi connectivity index (χ4n) is 2.35. The number of hydrogen-bond acceptors (Lipinski definition) is 4. The first kappa shape index (κ1) is 14.5. The van der Waals surface area contributed by atoms with Crippen LogP contribution in [-0.4, -0.2) is 17.1 Å². The number of H-pyrrole nitrogens is 1. The molecule has 0 aliphatic heterocycles. The Hall–Kier alpha value is -3.39. The van der Waals surface area contributed by atoms with Crippen molar-refractivity contribution in [1.29, 1.82) is 5.26 Å². The first-order valence-corrected chi connectivity index (χ1v) is 6.95. The molecule has 3 aromatic rings. The fraction of sp³-hybridized carbons (Fsp3) is 0.0556. The van der Waals surface area contributed by atoms with Crippen molar-refractivity contribution in [3.63, 3.8) is 0 Å². The summed E-state index contributed by atoms with van der Waals surface area (Å²) in [5.41, 5.74) is 2.42. The summed E-state index contributed by atoms with van der Waals surface area (Å²) in [6, 6.07) is 14.7. The molecule has 112 valence electrons. The molecular weight excluding hydrogens is 290 g/mol. The van der Waals surface area contributed by atoms with Crippen molar-refractivity contribution in [2.24, 2.45) is 0 Å². The molecule has 5 heteroatoms. The van der Waals surface area contributed by atoms with E-state index in [4.69, 9.17) is 4.74 Å². The molecule has 3 rings (SSSR count). The number of nitrogens with one attached hydrogen (secondary N) is 1. The highest BCUT2D eigenvalue weighted by molar-refractivity contribution is 5.74. The van der Waals surface area contributed by atoms with Gasteiger partial charge in [0.1, 0.15) is 17.4 Å². The van der Waals surface area contributed by atoms with Crippen LogP contribution in [0.2, 0.25) is 0 Å². The molecule has 0 radical (unpaired) electrons. The van der Waals surface area contributed by atoms with Crippen molar-refractivity contribution in [1.82, 2.24) is 9.97 Å². The summed E-state index contributed by atoms with van der Waals surface area (Å²) in [5.74, 6) is 0.734. The van der Waals surface area contributed by atoms with Crippen molar-refractivity contribution in [3.05, 3.63) is 70.8 Å². The standard InChI is InChI=1S/C18H13N3O2/c1-23-14-6-4-12(5-7-14)17-9-15(13-3-2-8-20-11-13)16(10-19)18(22)21-17/h2-9,11H,1H3,(H,21,22). The van der Waals surface area contributed by atoms with Crippen LogP contribution in [0.1, 0.15) is 5.56 Å². The number of rotatable bonds is 3.